The van der Waals surface area contributed by atoms with E-state index in [2.05, 4.69) is 19.7 Å². The Balaban J connectivity index is 0.000000921. The molecule has 0 radical (unpaired) electrons. The quantitative estimate of drug-likeness (QED) is 0.605. The first-order valence-electron chi connectivity index (χ1n) is 4.43. The number of ether oxygens (including phenoxy) is 1. The van der Waals surface area contributed by atoms with Crippen molar-refractivity contribution < 1.29 is 29.9 Å². The molecule has 1 rings (SSSR count). The summed E-state index contributed by atoms with van der Waals surface area (Å²) in [6.45, 7) is 3.74. The molecule has 1 aromatic rings. The second-order valence-corrected chi connectivity index (χ2v) is 2.83. The number of hydrogen-bond acceptors (Lipinski definition) is 1. The van der Waals surface area contributed by atoms with Crippen LogP contribution < -0.4 is 4.74 Å². The van der Waals surface area contributed by atoms with Crippen molar-refractivity contribution in [3.05, 3.63) is 29.8 Å². The molecule has 0 aliphatic carbocycles. The van der Waals surface area contributed by atoms with E-state index in [9.17, 15) is 8.78 Å². The van der Waals surface area contributed by atoms with Crippen LogP contribution in [0.25, 0.3) is 0 Å². The fraction of sp³-hybridized carbons (Fsp3) is 0.400. The van der Waals surface area contributed by atoms with E-state index < -0.39 is 11.6 Å². The molecule has 0 aromatic heterocycles. The summed E-state index contributed by atoms with van der Waals surface area (Å²) in [7, 11) is 0. The van der Waals surface area contributed by atoms with E-state index in [1.54, 1.807) is 0 Å². The average Bonchev–Trinajstić information content (AvgIpc) is 2.25. The van der Waals surface area contributed by atoms with Gasteiger partial charge in [0.05, 0.1) is 11.9 Å². The van der Waals surface area contributed by atoms with Crippen LogP contribution in [0, 0.1) is 17.7 Å². The third-order valence-corrected chi connectivity index (χ3v) is 1.72. The molecular weight excluding hydrogens is 319 g/mol. The van der Waals surface area contributed by atoms with Crippen molar-refractivity contribution in [3.63, 3.8) is 0 Å². The Morgan fingerprint density at radius 2 is 2.13 bits per heavy atom. The van der Waals surface area contributed by atoms with Gasteiger partial charge in [-0.2, -0.15) is 0 Å². The average molecular weight is 330 g/mol. The van der Waals surface area contributed by atoms with Gasteiger partial charge in [-0.25, -0.2) is 0 Å². The Morgan fingerprint density at radius 1 is 1.53 bits per heavy atom. The molecule has 0 aliphatic heterocycles. The van der Waals surface area contributed by atoms with Gasteiger partial charge in [0.1, 0.15) is 0 Å². The first-order valence-corrected chi connectivity index (χ1v) is 11.4. The third kappa shape index (κ3) is 5.57. The van der Waals surface area contributed by atoms with Gasteiger partial charge in [-0.15, -0.1) is 12.1 Å². The van der Waals surface area contributed by atoms with Gasteiger partial charge in [0.2, 0.25) is 0 Å². The van der Waals surface area contributed by atoms with Crippen molar-refractivity contribution >= 4 is 13.6 Å². The van der Waals surface area contributed by atoms with E-state index in [4.69, 9.17) is 4.74 Å². The molecule has 0 saturated carbocycles. The van der Waals surface area contributed by atoms with Gasteiger partial charge in [0, 0.05) is 11.6 Å². The van der Waals surface area contributed by atoms with E-state index in [1.807, 2.05) is 13.8 Å². The SMILES string of the molecule is CCC(C)Oc1[c-]cc(F)cc1F.[Zn+][Br]. The summed E-state index contributed by atoms with van der Waals surface area (Å²) in [5.41, 5.74) is 0. The van der Waals surface area contributed by atoms with Crippen molar-refractivity contribution in [2.45, 2.75) is 26.4 Å². The molecule has 5 heteroatoms. The van der Waals surface area contributed by atoms with Crippen molar-refractivity contribution in [2.24, 2.45) is 0 Å². The van der Waals surface area contributed by atoms with E-state index in [1.165, 1.54) is 16.3 Å². The van der Waals surface area contributed by atoms with E-state index in [-0.39, 0.29) is 11.9 Å². The molecule has 80 valence electrons. The predicted molar refractivity (Wildman–Crippen MR) is 54.5 cm³/mol. The van der Waals surface area contributed by atoms with Crippen LogP contribution in [0.15, 0.2) is 12.1 Å². The molecule has 0 aliphatic rings. The molecule has 1 atom stereocenters. The Bertz CT molecular complexity index is 297. The Hall–Kier alpha value is -0.0166. The summed E-state index contributed by atoms with van der Waals surface area (Å²) in [5, 5.41) is 0. The summed E-state index contributed by atoms with van der Waals surface area (Å²) < 4.78 is 30.5. The number of hydrogen-bond donors (Lipinski definition) is 0. The number of halogens is 3. The third-order valence-electron chi connectivity index (χ3n) is 1.72. The fourth-order valence-corrected chi connectivity index (χ4v) is 0.807. The zero-order valence-electron chi connectivity index (χ0n) is 8.69. The molecule has 0 fully saturated rings. The van der Waals surface area contributed by atoms with E-state index in [0.29, 0.717) is 0 Å². The number of benzene rings is 1. The summed E-state index contributed by atoms with van der Waals surface area (Å²) in [6.07, 6.45) is 0.682. The van der Waals surface area contributed by atoms with Crippen LogP contribution in [-0.2, 0) is 16.3 Å². The summed E-state index contributed by atoms with van der Waals surface area (Å²) in [4.78, 5) is 0. The van der Waals surface area contributed by atoms with Crippen molar-refractivity contribution in [2.75, 3.05) is 0 Å². The Morgan fingerprint density at radius 3 is 2.60 bits per heavy atom. The minimum atomic E-state index is -0.708. The molecule has 15 heavy (non-hydrogen) atoms. The topological polar surface area (TPSA) is 9.23 Å². The van der Waals surface area contributed by atoms with Gasteiger partial charge in [0.15, 0.2) is 0 Å². The zero-order valence-corrected chi connectivity index (χ0v) is 13.2. The van der Waals surface area contributed by atoms with Gasteiger partial charge in [-0.3, -0.25) is 8.78 Å². The standard InChI is InChI=1S/C10H11F2O.BrH.Zn/c1-3-7(2)13-10-5-4-8(11)6-9(10)12;;/h4,6-7H,3H2,1-2H3;1H;/q-1;;+2/p-1. The van der Waals surface area contributed by atoms with Crippen LogP contribution in [0.4, 0.5) is 8.78 Å². The maximum atomic E-state index is 13.0. The van der Waals surface area contributed by atoms with Crippen LogP contribution in [0.2, 0.25) is 0 Å². The molecule has 1 aromatic carbocycles. The van der Waals surface area contributed by atoms with Crippen molar-refractivity contribution in [1.82, 2.24) is 0 Å². The second-order valence-electron chi connectivity index (χ2n) is 2.83. The second kappa shape index (κ2) is 8.17. The molecule has 0 saturated heterocycles. The molecule has 0 spiro atoms. The molecule has 1 unspecified atom stereocenters. The predicted octanol–water partition coefficient (Wildman–Crippen LogP) is 3.79. The summed E-state index contributed by atoms with van der Waals surface area (Å²) >= 11 is 4.25. The van der Waals surface area contributed by atoms with Gasteiger partial charge in [-0.05, 0) is 13.3 Å². The van der Waals surface area contributed by atoms with Gasteiger partial charge < -0.3 is 4.74 Å². The van der Waals surface area contributed by atoms with Crippen LogP contribution in [-0.4, -0.2) is 6.10 Å². The van der Waals surface area contributed by atoms with Gasteiger partial charge >= 0.3 is 30.0 Å². The molecule has 0 bridgehead atoms. The normalized spacial score (nSPS) is 11.4. The fourth-order valence-electron chi connectivity index (χ4n) is 0.807. The van der Waals surface area contributed by atoms with Crippen molar-refractivity contribution in [3.8, 4) is 5.75 Å². The zero-order chi connectivity index (χ0) is 11.8. The van der Waals surface area contributed by atoms with E-state index >= 15 is 0 Å². The molecule has 1 nitrogen and oxygen atoms in total. The van der Waals surface area contributed by atoms with Crippen LogP contribution in [0.1, 0.15) is 20.3 Å². The van der Waals surface area contributed by atoms with Crippen LogP contribution >= 0.6 is 13.6 Å². The first-order chi connectivity index (χ1) is 7.13. The van der Waals surface area contributed by atoms with Crippen LogP contribution in [0.5, 0.6) is 5.75 Å². The molecule has 0 N–H and O–H groups in total. The molecule has 0 amide bonds. The molecule has 0 heterocycles. The Kier molecular flexibility index (Phi) is 8.16. The van der Waals surface area contributed by atoms with Gasteiger partial charge in [-0.1, -0.05) is 13.0 Å². The maximum absolute atomic E-state index is 13.0. The van der Waals surface area contributed by atoms with Crippen molar-refractivity contribution in [1.29, 1.82) is 0 Å². The monoisotopic (exact) mass is 328 g/mol. The van der Waals surface area contributed by atoms with E-state index in [0.717, 1.165) is 18.6 Å². The molecular formula is C10H11BrF2OZn. The summed E-state index contributed by atoms with van der Waals surface area (Å²) in [5.74, 6) is -1.37. The minimum absolute atomic E-state index is 0.0178. The number of rotatable bonds is 3. The first kappa shape index (κ1) is 15.0. The van der Waals surface area contributed by atoms with Gasteiger partial charge in [0.25, 0.3) is 0 Å². The van der Waals surface area contributed by atoms with Crippen LogP contribution in [0.3, 0.4) is 0 Å². The summed E-state index contributed by atoms with van der Waals surface area (Å²) in [6, 6.07) is 4.24. The Labute approximate surface area is 105 Å².